The Morgan fingerprint density at radius 1 is 0.405 bits per heavy atom. The lowest BCUT2D eigenvalue weighted by molar-refractivity contribution is 0.323. The van der Waals surface area contributed by atoms with E-state index in [-0.39, 0.29) is 127 Å². The van der Waals surface area contributed by atoms with E-state index in [0.29, 0.717) is 66.4 Å². The SMILES string of the molecule is C=CC1C=C/C=C(Cc2c(F)c3c(c(F)c2OCC(=C)CCC)-c2nc-3nc(C)c3c(F)c(CCC(=C)CCC)c(Cc4ccc(C(=C)CCC)cc4)c(F)c3c(C)nc3nc(nc4c5c(F)c(CCC(=C)CCC)c(Cc6ccc(C(=C)CCC)cc6)c(F)c5c(n2)n4SC)-c2c(F)c(CCC(=C)CCC)c(Cc4ccc(C(=C)CCC)cc4)c(F)c2-3)\C=C/C1. The monoisotopic (exact) mass is 1720 g/mol. The lowest BCUT2D eigenvalue weighted by atomic mass is 9.89. The second-order valence-corrected chi connectivity index (χ2v) is 34.5. The van der Waals surface area contributed by atoms with Crippen LogP contribution >= 0.6 is 11.9 Å². The largest absolute Gasteiger partial charge is 0.486 e. The fraction of sp³-hybridized carbons (Fsp3) is 0.339. The molecular weight excluding hydrogens is 1610 g/mol. The molecule has 0 fully saturated rings. The number of ether oxygens (including phenoxy) is 1. The molecule has 6 bridgehead atoms. The second kappa shape index (κ2) is 42.4. The van der Waals surface area contributed by atoms with Crippen molar-refractivity contribution in [2.45, 2.75) is 223 Å². The van der Waals surface area contributed by atoms with Gasteiger partial charge in [-0.25, -0.2) is 65.0 Å². The first-order valence-electron chi connectivity index (χ1n) is 44.6. The number of aromatic nitrogens is 7. The molecule has 0 saturated carbocycles. The predicted molar refractivity (Wildman–Crippen MR) is 509 cm³/mol. The van der Waals surface area contributed by atoms with Crippen molar-refractivity contribution in [3.8, 4) is 51.3 Å². The van der Waals surface area contributed by atoms with Crippen LogP contribution in [0.4, 0.5) is 35.1 Å². The lowest BCUT2D eigenvalue weighted by Crippen LogP contribution is -2.09. The summed E-state index contributed by atoms with van der Waals surface area (Å²) in [6.45, 7) is 50.8. The van der Waals surface area contributed by atoms with Crippen LogP contribution < -0.4 is 4.74 Å². The van der Waals surface area contributed by atoms with Crippen molar-refractivity contribution in [1.29, 1.82) is 0 Å². The van der Waals surface area contributed by atoms with E-state index in [1.165, 1.54) is 17.8 Å². The van der Waals surface area contributed by atoms with Crippen molar-refractivity contribution in [2.75, 3.05) is 12.9 Å². The minimum Gasteiger partial charge on any atom is -0.486 e. The number of allylic oxidation sites excluding steroid dienone is 13. The molecule has 0 spiro atoms. The molecule has 4 heterocycles. The number of rotatable bonds is 39. The summed E-state index contributed by atoms with van der Waals surface area (Å²) in [6, 6.07) is 22.4. The number of nitrogens with zero attached hydrogens (tertiary/aromatic N) is 7. The van der Waals surface area contributed by atoms with Crippen LogP contribution in [0, 0.1) is 66.3 Å². The van der Waals surface area contributed by atoms with Gasteiger partial charge in [0, 0.05) is 48.3 Å². The van der Waals surface area contributed by atoms with Crippen LogP contribution in [-0.2, 0) is 44.9 Å². The Morgan fingerprint density at radius 2 is 0.746 bits per heavy atom. The summed E-state index contributed by atoms with van der Waals surface area (Å²) in [6.07, 6.45) is 22.7. The van der Waals surface area contributed by atoms with Crippen LogP contribution in [0.15, 0.2) is 190 Å². The fourth-order valence-electron chi connectivity index (χ4n) is 17.5. The van der Waals surface area contributed by atoms with Crippen LogP contribution in [0.5, 0.6) is 5.75 Å². The molecule has 3 aliphatic rings. The molecule has 17 heteroatoms. The minimum absolute atomic E-state index is 0.0147. The van der Waals surface area contributed by atoms with E-state index in [2.05, 4.69) is 73.4 Å². The Morgan fingerprint density at radius 3 is 1.14 bits per heavy atom. The zero-order valence-corrected chi connectivity index (χ0v) is 75.8. The molecule has 1 unspecified atom stereocenters. The molecule has 0 saturated heterocycles. The van der Waals surface area contributed by atoms with Crippen molar-refractivity contribution < 1.29 is 39.9 Å². The van der Waals surface area contributed by atoms with E-state index in [0.717, 1.165) is 120 Å². The van der Waals surface area contributed by atoms with Crippen LogP contribution in [0.25, 0.3) is 95.1 Å². The summed E-state index contributed by atoms with van der Waals surface area (Å²) >= 11 is 0.868. The predicted octanol–water partition coefficient (Wildman–Crippen LogP) is 30.9. The molecule has 1 atom stereocenters. The minimum atomic E-state index is -1.17. The average molecular weight is 1730 g/mol. The number of fused-ring (bicyclic) bond motifs is 16. The number of hydrogen-bond acceptors (Lipinski definition) is 8. The maximum atomic E-state index is 19.8. The van der Waals surface area contributed by atoms with Gasteiger partial charge in [-0.05, 0) is 216 Å². The second-order valence-electron chi connectivity index (χ2n) is 33.8. The summed E-state index contributed by atoms with van der Waals surface area (Å²) in [4.78, 5) is 30.6. The molecule has 656 valence electrons. The molecule has 2 aliphatic heterocycles. The maximum absolute atomic E-state index is 19.8. The Hall–Kier alpha value is -11.2. The lowest BCUT2D eigenvalue weighted by Gasteiger charge is -2.18. The van der Waals surface area contributed by atoms with Crippen molar-refractivity contribution in [2.24, 2.45) is 5.92 Å². The van der Waals surface area contributed by atoms with E-state index in [4.69, 9.17) is 34.6 Å². The molecule has 2 aromatic heterocycles. The third-order valence-corrected chi connectivity index (χ3v) is 24.9. The van der Waals surface area contributed by atoms with Gasteiger partial charge in [0.1, 0.15) is 47.3 Å². The first-order chi connectivity index (χ1) is 60.6. The van der Waals surface area contributed by atoms with Crippen LogP contribution in [0.1, 0.15) is 248 Å². The van der Waals surface area contributed by atoms with E-state index >= 15 is 35.1 Å². The summed E-state index contributed by atoms with van der Waals surface area (Å²) in [5.41, 5.74) is 6.34. The molecule has 126 heavy (non-hydrogen) atoms. The highest BCUT2D eigenvalue weighted by Crippen LogP contribution is 2.49. The highest BCUT2D eigenvalue weighted by molar-refractivity contribution is 7.97. The zero-order valence-electron chi connectivity index (χ0n) is 75.0. The quantitative estimate of drug-likeness (QED) is 0.0278. The van der Waals surface area contributed by atoms with Crippen molar-refractivity contribution in [3.05, 3.63) is 320 Å². The van der Waals surface area contributed by atoms with Crippen LogP contribution in [0.3, 0.4) is 0 Å². The Labute approximate surface area is 743 Å². The van der Waals surface area contributed by atoms with Gasteiger partial charge < -0.3 is 4.74 Å². The number of benzene rings is 7. The zero-order chi connectivity index (χ0) is 90.5. The van der Waals surface area contributed by atoms with E-state index in [1.54, 1.807) is 12.3 Å². The molecule has 0 amide bonds. The van der Waals surface area contributed by atoms with Gasteiger partial charge in [-0.15, -0.1) is 6.58 Å². The molecule has 12 rings (SSSR count). The summed E-state index contributed by atoms with van der Waals surface area (Å²) < 4.78 is 165. The smallest absolute Gasteiger partial charge is 0.177 e. The summed E-state index contributed by atoms with van der Waals surface area (Å²) in [7, 11) is 0. The molecule has 1 aliphatic carbocycles. The van der Waals surface area contributed by atoms with Crippen LogP contribution in [-0.4, -0.2) is 46.7 Å². The number of aryl methyl sites for hydroxylation is 2. The highest BCUT2D eigenvalue weighted by Gasteiger charge is 2.38. The maximum Gasteiger partial charge on any atom is 0.177 e. The fourth-order valence-corrected chi connectivity index (χ4v) is 18.1. The molecule has 7 aromatic carbocycles. The summed E-state index contributed by atoms with van der Waals surface area (Å²) in [5.74, 6) is -10.8. The number of hydrogen-bond donors (Lipinski definition) is 0. The summed E-state index contributed by atoms with van der Waals surface area (Å²) in [5, 5.41) is -1.95. The standard InChI is InChI=1S/C109H117F8N7OS/c1-19-29-63(9)40-55-80-83(58-74-43-49-77(50-44-74)67(13)33-23-5)98(113)88-71(17)119-104-90-89(96(111)81(56-41-64(10)30-20-2)84(99(90)114)59-75-45-51-78(52-46-75)68(14)34-24-6)106(120-104)122-108-93-94(100(115)85(82(97(93)112)57-42-65(11)31-21-3)60-76-47-53-79(54-48-76)69(15)35-25-7)109(124(108)126-18)123-107-92-91(105(121-107)118-70(16)87(88)95(80)110)101(116)86(103(102(92)117)125-62-66(12)32-22-4)61-73-38-27-36-72(26-8)37-28-39-73/h26-28,36,38-39,43-54,72H,8-15,19-25,29-35,37,40-42,55-62H2,1-7,16-18H3/b36-27?,39-28-,73-38+,87-70?,88-71?,118-70?,118-105?,119-71?,119-104?,122-106?,122-108?,123-107?,123-109?. The van der Waals surface area contributed by atoms with Gasteiger partial charge >= 0.3 is 0 Å². The molecule has 0 radical (unpaired) electrons. The molecule has 0 N–H and O–H groups in total. The van der Waals surface area contributed by atoms with Crippen molar-refractivity contribution >= 4 is 61.5 Å². The van der Waals surface area contributed by atoms with Crippen molar-refractivity contribution in [3.63, 3.8) is 0 Å². The van der Waals surface area contributed by atoms with Gasteiger partial charge in [-0.1, -0.05) is 265 Å². The first kappa shape index (κ1) is 94.0. The Bertz CT molecular complexity index is 6120. The van der Waals surface area contributed by atoms with Gasteiger partial charge in [0.2, 0.25) is 0 Å². The molecule has 9 aromatic rings. The van der Waals surface area contributed by atoms with Gasteiger partial charge in [0.05, 0.1) is 44.4 Å². The van der Waals surface area contributed by atoms with Gasteiger partial charge in [-0.2, -0.15) is 0 Å². The topological polar surface area (TPSA) is 91.5 Å². The normalized spacial score (nSPS) is 13.5. The van der Waals surface area contributed by atoms with Gasteiger partial charge in [0.15, 0.2) is 46.2 Å². The third kappa shape index (κ3) is 20.3. The first-order valence-corrected chi connectivity index (χ1v) is 45.8. The average Bonchev–Trinajstić information content (AvgIpc) is 1.56. The van der Waals surface area contributed by atoms with Gasteiger partial charge in [-0.3, -0.25) is 3.97 Å². The van der Waals surface area contributed by atoms with E-state index < -0.39 is 131 Å². The molecule has 8 nitrogen and oxygen atoms in total. The van der Waals surface area contributed by atoms with Gasteiger partial charge in [0.25, 0.3) is 0 Å². The highest BCUT2D eigenvalue weighted by atomic mass is 32.2. The van der Waals surface area contributed by atoms with E-state index in [9.17, 15) is 0 Å². The Balaban J connectivity index is 1.32. The Kier molecular flexibility index (Phi) is 31.6. The molecular formula is C109H117F8N7OS. The van der Waals surface area contributed by atoms with E-state index in [1.807, 2.05) is 131 Å². The van der Waals surface area contributed by atoms with Crippen LogP contribution in [0.2, 0.25) is 0 Å². The third-order valence-electron chi connectivity index (χ3n) is 24.2. The number of halogens is 8. The van der Waals surface area contributed by atoms with Crippen molar-refractivity contribution in [1.82, 2.24) is 33.9 Å².